The zero-order valence-electron chi connectivity index (χ0n) is 8.64. The molecule has 0 unspecified atom stereocenters. The van der Waals surface area contributed by atoms with Gasteiger partial charge in [0.15, 0.2) is 0 Å². The van der Waals surface area contributed by atoms with E-state index in [1.54, 1.807) is 17.4 Å². The van der Waals surface area contributed by atoms with E-state index in [0.29, 0.717) is 5.75 Å². The fourth-order valence-electron chi connectivity index (χ4n) is 1.44. The maximum Gasteiger partial charge on any atom is 0.335 e. The minimum Gasteiger partial charge on any atom is -0.497 e. The molecule has 1 aromatic carbocycles. The summed E-state index contributed by atoms with van der Waals surface area (Å²) in [5.74, 6) is -0.392. The number of thiophene rings is 1. The van der Waals surface area contributed by atoms with Crippen LogP contribution in [-0.4, -0.2) is 18.2 Å². The molecule has 0 aliphatic carbocycles. The first kappa shape index (κ1) is 10.7. The van der Waals surface area contributed by atoms with E-state index in [-0.39, 0.29) is 5.56 Å². The minimum absolute atomic E-state index is 0.237. The van der Waals surface area contributed by atoms with Gasteiger partial charge in [-0.1, -0.05) is 0 Å². The highest BCUT2D eigenvalue weighted by atomic mass is 32.1. The average Bonchev–Trinajstić information content (AvgIpc) is 2.81. The van der Waals surface area contributed by atoms with Crippen LogP contribution in [0.1, 0.15) is 10.4 Å². The fourth-order valence-corrected chi connectivity index (χ4v) is 2.10. The van der Waals surface area contributed by atoms with Gasteiger partial charge in [-0.15, -0.1) is 0 Å². The van der Waals surface area contributed by atoms with E-state index < -0.39 is 5.97 Å². The second kappa shape index (κ2) is 4.37. The zero-order valence-corrected chi connectivity index (χ0v) is 9.45. The molecule has 0 saturated heterocycles. The standard InChI is InChI=1S/C12H10O3S/c1-15-11-5-9(8-2-3-16-7-8)4-10(6-11)12(13)14/h2-7H,1H3,(H,13,14). The van der Waals surface area contributed by atoms with Gasteiger partial charge < -0.3 is 9.84 Å². The lowest BCUT2D eigenvalue weighted by molar-refractivity contribution is 0.0696. The number of rotatable bonds is 3. The Morgan fingerprint density at radius 1 is 1.31 bits per heavy atom. The number of hydrogen-bond donors (Lipinski definition) is 1. The topological polar surface area (TPSA) is 46.5 Å². The van der Waals surface area contributed by atoms with Crippen molar-refractivity contribution in [3.8, 4) is 16.9 Å². The summed E-state index contributed by atoms with van der Waals surface area (Å²) in [4.78, 5) is 10.9. The Bertz CT molecular complexity index is 503. The molecule has 0 atom stereocenters. The predicted octanol–water partition coefficient (Wildman–Crippen LogP) is 3.12. The third-order valence-corrected chi connectivity index (χ3v) is 2.93. The molecule has 16 heavy (non-hydrogen) atoms. The van der Waals surface area contributed by atoms with Crippen LogP contribution in [-0.2, 0) is 0 Å². The van der Waals surface area contributed by atoms with Crippen LogP contribution in [0.15, 0.2) is 35.0 Å². The van der Waals surface area contributed by atoms with Gasteiger partial charge in [0.25, 0.3) is 0 Å². The molecule has 82 valence electrons. The third kappa shape index (κ3) is 2.06. The molecule has 0 radical (unpaired) electrons. The molecule has 4 heteroatoms. The van der Waals surface area contributed by atoms with Crippen molar-refractivity contribution in [1.29, 1.82) is 0 Å². The summed E-state index contributed by atoms with van der Waals surface area (Å²) in [6, 6.07) is 6.94. The van der Waals surface area contributed by atoms with Crippen LogP contribution >= 0.6 is 11.3 Å². The second-order valence-electron chi connectivity index (χ2n) is 3.27. The lowest BCUT2D eigenvalue weighted by Crippen LogP contribution is -1.97. The maximum atomic E-state index is 10.9. The van der Waals surface area contributed by atoms with E-state index in [2.05, 4.69) is 0 Å². The number of carboxylic acid groups (broad SMARTS) is 1. The number of aromatic carboxylic acids is 1. The van der Waals surface area contributed by atoms with Crippen molar-refractivity contribution >= 4 is 17.3 Å². The van der Waals surface area contributed by atoms with E-state index >= 15 is 0 Å². The van der Waals surface area contributed by atoms with Gasteiger partial charge in [-0.25, -0.2) is 4.79 Å². The SMILES string of the molecule is COc1cc(C(=O)O)cc(-c2ccsc2)c1. The number of ether oxygens (including phenoxy) is 1. The summed E-state index contributed by atoms with van der Waals surface area (Å²) in [5, 5.41) is 12.9. The monoisotopic (exact) mass is 234 g/mol. The Morgan fingerprint density at radius 2 is 2.12 bits per heavy atom. The van der Waals surface area contributed by atoms with Crippen molar-refractivity contribution in [1.82, 2.24) is 0 Å². The maximum absolute atomic E-state index is 10.9. The van der Waals surface area contributed by atoms with Crippen LogP contribution in [0, 0.1) is 0 Å². The quantitative estimate of drug-likeness (QED) is 0.887. The largest absolute Gasteiger partial charge is 0.497 e. The summed E-state index contributed by atoms with van der Waals surface area (Å²) in [7, 11) is 1.53. The van der Waals surface area contributed by atoms with Gasteiger partial charge >= 0.3 is 5.97 Å². The van der Waals surface area contributed by atoms with E-state index in [1.807, 2.05) is 22.9 Å². The average molecular weight is 234 g/mol. The molecular formula is C12H10O3S. The Hall–Kier alpha value is -1.81. The molecule has 0 fully saturated rings. The number of carboxylic acids is 1. The lowest BCUT2D eigenvalue weighted by Gasteiger charge is -2.05. The summed E-state index contributed by atoms with van der Waals surface area (Å²) in [5.41, 5.74) is 2.10. The van der Waals surface area contributed by atoms with Crippen molar-refractivity contribution in [2.45, 2.75) is 0 Å². The normalized spacial score (nSPS) is 10.1. The first-order chi connectivity index (χ1) is 7.70. The minimum atomic E-state index is -0.949. The van der Waals surface area contributed by atoms with Crippen molar-refractivity contribution in [2.75, 3.05) is 7.11 Å². The summed E-state index contributed by atoms with van der Waals surface area (Å²) >= 11 is 1.57. The van der Waals surface area contributed by atoms with Crippen molar-refractivity contribution < 1.29 is 14.6 Å². The van der Waals surface area contributed by atoms with Crippen LogP contribution < -0.4 is 4.74 Å². The van der Waals surface area contributed by atoms with Crippen molar-refractivity contribution in [2.24, 2.45) is 0 Å². The smallest absolute Gasteiger partial charge is 0.335 e. The van der Waals surface area contributed by atoms with Gasteiger partial charge in [-0.2, -0.15) is 11.3 Å². The number of benzene rings is 1. The highest BCUT2D eigenvalue weighted by molar-refractivity contribution is 7.08. The summed E-state index contributed by atoms with van der Waals surface area (Å²) < 4.78 is 5.08. The van der Waals surface area contributed by atoms with E-state index in [4.69, 9.17) is 9.84 Å². The molecule has 1 aromatic heterocycles. The highest BCUT2D eigenvalue weighted by Crippen LogP contribution is 2.27. The lowest BCUT2D eigenvalue weighted by atomic mass is 10.1. The molecule has 1 N–H and O–H groups in total. The van der Waals surface area contributed by atoms with Gasteiger partial charge in [-0.05, 0) is 46.2 Å². The van der Waals surface area contributed by atoms with E-state index in [9.17, 15) is 4.79 Å². The Labute approximate surface area is 96.9 Å². The summed E-state index contributed by atoms with van der Waals surface area (Å²) in [6.45, 7) is 0. The predicted molar refractivity (Wildman–Crippen MR) is 63.3 cm³/mol. The molecule has 0 bridgehead atoms. The van der Waals surface area contributed by atoms with E-state index in [1.165, 1.54) is 13.2 Å². The molecule has 0 aliphatic heterocycles. The molecule has 0 saturated carbocycles. The zero-order chi connectivity index (χ0) is 11.5. The second-order valence-corrected chi connectivity index (χ2v) is 4.05. The highest BCUT2D eigenvalue weighted by Gasteiger charge is 2.08. The van der Waals surface area contributed by atoms with Crippen LogP contribution in [0.5, 0.6) is 5.75 Å². The Kier molecular flexibility index (Phi) is 2.92. The van der Waals surface area contributed by atoms with Crippen LogP contribution in [0.2, 0.25) is 0 Å². The Morgan fingerprint density at radius 3 is 2.69 bits per heavy atom. The van der Waals surface area contributed by atoms with Crippen molar-refractivity contribution in [3.63, 3.8) is 0 Å². The number of carbonyl (C=O) groups is 1. The molecule has 2 rings (SSSR count). The van der Waals surface area contributed by atoms with Crippen LogP contribution in [0.4, 0.5) is 0 Å². The van der Waals surface area contributed by atoms with Gasteiger partial charge in [0, 0.05) is 0 Å². The van der Waals surface area contributed by atoms with Gasteiger partial charge in [0.05, 0.1) is 12.7 Å². The summed E-state index contributed by atoms with van der Waals surface area (Å²) in [6.07, 6.45) is 0. The molecular weight excluding hydrogens is 224 g/mol. The van der Waals surface area contributed by atoms with Gasteiger partial charge in [0.2, 0.25) is 0 Å². The Balaban J connectivity index is 2.53. The molecule has 0 spiro atoms. The van der Waals surface area contributed by atoms with Crippen LogP contribution in [0.25, 0.3) is 11.1 Å². The first-order valence-electron chi connectivity index (χ1n) is 4.65. The molecule has 2 aromatic rings. The van der Waals surface area contributed by atoms with Gasteiger partial charge in [-0.3, -0.25) is 0 Å². The molecule has 0 amide bonds. The fraction of sp³-hybridized carbons (Fsp3) is 0.0833. The van der Waals surface area contributed by atoms with E-state index in [0.717, 1.165) is 11.1 Å². The molecule has 0 aliphatic rings. The number of hydrogen-bond acceptors (Lipinski definition) is 3. The molecule has 1 heterocycles. The van der Waals surface area contributed by atoms with Crippen molar-refractivity contribution in [3.05, 3.63) is 40.6 Å². The van der Waals surface area contributed by atoms with Crippen LogP contribution in [0.3, 0.4) is 0 Å². The number of methoxy groups -OCH3 is 1. The van der Waals surface area contributed by atoms with Gasteiger partial charge in [0.1, 0.15) is 5.75 Å². The first-order valence-corrected chi connectivity index (χ1v) is 5.60. The molecule has 3 nitrogen and oxygen atoms in total. The third-order valence-electron chi connectivity index (χ3n) is 2.24.